The lowest BCUT2D eigenvalue weighted by Crippen LogP contribution is -2.21. The number of hydrogen-bond acceptors (Lipinski definition) is 5. The number of benzene rings is 1. The summed E-state index contributed by atoms with van der Waals surface area (Å²) < 4.78 is 10.7. The molecule has 108 valence electrons. The molecule has 0 amide bonds. The van der Waals surface area contributed by atoms with Gasteiger partial charge in [-0.05, 0) is 17.5 Å². The number of para-hydroxylation sites is 1. The van der Waals surface area contributed by atoms with Crippen LogP contribution in [0.1, 0.15) is 38.6 Å². The van der Waals surface area contributed by atoms with Gasteiger partial charge in [-0.3, -0.25) is 0 Å². The van der Waals surface area contributed by atoms with Crippen LogP contribution in [0.15, 0.2) is 34.9 Å². The second-order valence-electron chi connectivity index (χ2n) is 5.75. The van der Waals surface area contributed by atoms with Crippen molar-refractivity contribution in [2.24, 2.45) is 5.41 Å². The molecule has 0 aliphatic rings. The quantitative estimate of drug-likeness (QED) is 0.906. The van der Waals surface area contributed by atoms with Crippen molar-refractivity contribution in [3.05, 3.63) is 42.0 Å². The highest BCUT2D eigenvalue weighted by molar-refractivity contribution is 5.42. The first-order chi connectivity index (χ1) is 9.50. The molecule has 20 heavy (non-hydrogen) atoms. The molecular formula is C15H21N3O2. The molecule has 1 heterocycles. The van der Waals surface area contributed by atoms with Crippen LogP contribution in [0.3, 0.4) is 0 Å². The summed E-state index contributed by atoms with van der Waals surface area (Å²) in [6.45, 7) is 6.75. The molecule has 5 heteroatoms. The first-order valence-corrected chi connectivity index (χ1v) is 6.65. The van der Waals surface area contributed by atoms with Crippen molar-refractivity contribution in [2.75, 3.05) is 12.4 Å². The molecule has 0 bridgehead atoms. The SMILES string of the molecule is COC(c1noc(CNc2ccccc2)n1)C(C)(C)C. The van der Waals surface area contributed by atoms with Crippen LogP contribution in [0, 0.1) is 5.41 Å². The second kappa shape index (κ2) is 6.05. The first kappa shape index (κ1) is 14.5. The molecule has 0 saturated carbocycles. The predicted molar refractivity (Wildman–Crippen MR) is 77.3 cm³/mol. The van der Waals surface area contributed by atoms with Crippen molar-refractivity contribution in [3.8, 4) is 0 Å². The number of nitrogens with one attached hydrogen (secondary N) is 1. The van der Waals surface area contributed by atoms with Gasteiger partial charge in [0.2, 0.25) is 11.7 Å². The monoisotopic (exact) mass is 275 g/mol. The van der Waals surface area contributed by atoms with Gasteiger partial charge in [0.15, 0.2) is 0 Å². The van der Waals surface area contributed by atoms with E-state index in [1.54, 1.807) is 7.11 Å². The molecule has 0 spiro atoms. The summed E-state index contributed by atoms with van der Waals surface area (Å²) in [5, 5.41) is 7.25. The molecule has 1 aromatic heterocycles. The van der Waals surface area contributed by atoms with Crippen LogP contribution in [-0.2, 0) is 11.3 Å². The normalized spacial score (nSPS) is 13.2. The smallest absolute Gasteiger partial charge is 0.246 e. The van der Waals surface area contributed by atoms with Gasteiger partial charge in [-0.1, -0.05) is 44.1 Å². The second-order valence-corrected chi connectivity index (χ2v) is 5.75. The Kier molecular flexibility index (Phi) is 4.39. The molecule has 0 aliphatic heterocycles. The number of ether oxygens (including phenoxy) is 1. The molecule has 0 aliphatic carbocycles. The highest BCUT2D eigenvalue weighted by Gasteiger charge is 2.30. The van der Waals surface area contributed by atoms with Gasteiger partial charge < -0.3 is 14.6 Å². The third-order valence-corrected chi connectivity index (χ3v) is 2.96. The van der Waals surface area contributed by atoms with E-state index < -0.39 is 0 Å². The molecule has 0 radical (unpaired) electrons. The van der Waals surface area contributed by atoms with Gasteiger partial charge in [0, 0.05) is 12.8 Å². The van der Waals surface area contributed by atoms with Crippen LogP contribution in [0.4, 0.5) is 5.69 Å². The van der Waals surface area contributed by atoms with Crippen molar-refractivity contribution in [3.63, 3.8) is 0 Å². The van der Waals surface area contributed by atoms with Gasteiger partial charge in [0.05, 0.1) is 6.54 Å². The fraction of sp³-hybridized carbons (Fsp3) is 0.467. The van der Waals surface area contributed by atoms with Crippen LogP contribution in [0.25, 0.3) is 0 Å². The largest absolute Gasteiger partial charge is 0.376 e. The number of nitrogens with zero attached hydrogens (tertiary/aromatic N) is 2. The third-order valence-electron chi connectivity index (χ3n) is 2.96. The molecule has 1 N–H and O–H groups in total. The Balaban J connectivity index is 2.02. The Morgan fingerprint density at radius 2 is 1.95 bits per heavy atom. The van der Waals surface area contributed by atoms with E-state index >= 15 is 0 Å². The predicted octanol–water partition coefficient (Wildman–Crippen LogP) is 3.42. The Labute approximate surface area is 119 Å². The van der Waals surface area contributed by atoms with E-state index in [0.717, 1.165) is 5.69 Å². The van der Waals surface area contributed by atoms with Crippen molar-refractivity contribution in [2.45, 2.75) is 33.4 Å². The van der Waals surface area contributed by atoms with E-state index in [4.69, 9.17) is 9.26 Å². The molecule has 2 aromatic rings. The first-order valence-electron chi connectivity index (χ1n) is 6.65. The zero-order valence-corrected chi connectivity index (χ0v) is 12.4. The summed E-state index contributed by atoms with van der Waals surface area (Å²) in [4.78, 5) is 4.40. The minimum Gasteiger partial charge on any atom is -0.376 e. The van der Waals surface area contributed by atoms with E-state index in [0.29, 0.717) is 18.3 Å². The summed E-state index contributed by atoms with van der Waals surface area (Å²) in [7, 11) is 1.66. The minimum atomic E-state index is -0.184. The van der Waals surface area contributed by atoms with Crippen LogP contribution in [0.2, 0.25) is 0 Å². The molecule has 1 atom stereocenters. The third kappa shape index (κ3) is 3.57. The van der Waals surface area contributed by atoms with Crippen molar-refractivity contribution in [1.82, 2.24) is 10.1 Å². The van der Waals surface area contributed by atoms with E-state index in [2.05, 4.69) is 36.2 Å². The average Bonchev–Trinajstić information content (AvgIpc) is 2.85. The zero-order chi connectivity index (χ0) is 14.6. The number of anilines is 1. The Bertz CT molecular complexity index is 532. The molecule has 0 fully saturated rings. The number of hydrogen-bond donors (Lipinski definition) is 1. The fourth-order valence-corrected chi connectivity index (χ4v) is 2.03. The Hall–Kier alpha value is -1.88. The zero-order valence-electron chi connectivity index (χ0n) is 12.4. The van der Waals surface area contributed by atoms with Gasteiger partial charge in [-0.25, -0.2) is 0 Å². The van der Waals surface area contributed by atoms with Crippen molar-refractivity contribution >= 4 is 5.69 Å². The van der Waals surface area contributed by atoms with Crippen LogP contribution in [-0.4, -0.2) is 17.3 Å². The lowest BCUT2D eigenvalue weighted by atomic mass is 9.88. The number of rotatable bonds is 5. The standard InChI is InChI=1S/C15H21N3O2/c1-15(2,3)13(19-4)14-17-12(20-18-14)10-16-11-8-6-5-7-9-11/h5-9,13,16H,10H2,1-4H3. The van der Waals surface area contributed by atoms with Crippen molar-refractivity contribution in [1.29, 1.82) is 0 Å². The molecule has 1 unspecified atom stereocenters. The maximum atomic E-state index is 5.47. The lowest BCUT2D eigenvalue weighted by molar-refractivity contribution is 0.00718. The van der Waals surface area contributed by atoms with Crippen LogP contribution < -0.4 is 5.32 Å². The van der Waals surface area contributed by atoms with Gasteiger partial charge >= 0.3 is 0 Å². The van der Waals surface area contributed by atoms with Crippen molar-refractivity contribution < 1.29 is 9.26 Å². The Morgan fingerprint density at radius 1 is 1.25 bits per heavy atom. The van der Waals surface area contributed by atoms with E-state index in [1.807, 2.05) is 30.3 Å². The fourth-order valence-electron chi connectivity index (χ4n) is 2.03. The van der Waals surface area contributed by atoms with Crippen LogP contribution >= 0.6 is 0 Å². The summed E-state index contributed by atoms with van der Waals surface area (Å²) in [5.74, 6) is 1.14. The summed E-state index contributed by atoms with van der Waals surface area (Å²) in [6, 6.07) is 9.90. The summed E-state index contributed by atoms with van der Waals surface area (Å²) >= 11 is 0. The topological polar surface area (TPSA) is 60.2 Å². The number of methoxy groups -OCH3 is 1. The van der Waals surface area contributed by atoms with Gasteiger partial charge in [0.1, 0.15) is 6.10 Å². The van der Waals surface area contributed by atoms with E-state index in [-0.39, 0.29) is 11.5 Å². The molecule has 0 saturated heterocycles. The minimum absolute atomic E-state index is 0.0806. The average molecular weight is 275 g/mol. The highest BCUT2D eigenvalue weighted by atomic mass is 16.5. The maximum Gasteiger partial charge on any atom is 0.246 e. The summed E-state index contributed by atoms with van der Waals surface area (Å²) in [6.07, 6.45) is -0.184. The van der Waals surface area contributed by atoms with E-state index in [9.17, 15) is 0 Å². The highest BCUT2D eigenvalue weighted by Crippen LogP contribution is 2.33. The lowest BCUT2D eigenvalue weighted by Gasteiger charge is -2.26. The van der Waals surface area contributed by atoms with Gasteiger partial charge in [-0.2, -0.15) is 4.98 Å². The summed E-state index contributed by atoms with van der Waals surface area (Å²) in [5.41, 5.74) is 0.939. The molecule has 5 nitrogen and oxygen atoms in total. The Morgan fingerprint density at radius 3 is 2.55 bits per heavy atom. The molecule has 1 aromatic carbocycles. The maximum absolute atomic E-state index is 5.47. The molecule has 2 rings (SSSR count). The van der Waals surface area contributed by atoms with Gasteiger partial charge in [-0.15, -0.1) is 0 Å². The number of aromatic nitrogens is 2. The molecular weight excluding hydrogens is 254 g/mol. The van der Waals surface area contributed by atoms with E-state index in [1.165, 1.54) is 0 Å². The van der Waals surface area contributed by atoms with Crippen LogP contribution in [0.5, 0.6) is 0 Å². The van der Waals surface area contributed by atoms with Gasteiger partial charge in [0.25, 0.3) is 0 Å².